The van der Waals surface area contributed by atoms with Crippen LogP contribution in [0.5, 0.6) is 5.75 Å². The van der Waals surface area contributed by atoms with Gasteiger partial charge in [-0.05, 0) is 43.4 Å². The van der Waals surface area contributed by atoms with Gasteiger partial charge in [-0.15, -0.1) is 0 Å². The molecule has 0 spiro atoms. The second-order valence-electron chi connectivity index (χ2n) is 8.75. The van der Waals surface area contributed by atoms with Gasteiger partial charge in [-0.1, -0.05) is 58.1 Å². The van der Waals surface area contributed by atoms with E-state index in [4.69, 9.17) is 9.47 Å². The van der Waals surface area contributed by atoms with Crippen LogP contribution in [0.3, 0.4) is 0 Å². The fraction of sp³-hybridized carbons (Fsp3) is 0.556. The molecule has 1 saturated heterocycles. The fourth-order valence-corrected chi connectivity index (χ4v) is 4.33. The van der Waals surface area contributed by atoms with Gasteiger partial charge in [-0.25, -0.2) is 13.2 Å². The minimum atomic E-state index is -1.01. The lowest BCUT2D eigenvalue weighted by atomic mass is 9.88. The Bertz CT molecular complexity index is 860. The van der Waals surface area contributed by atoms with Crippen molar-refractivity contribution < 1.29 is 22.6 Å². The molecule has 0 radical (unpaired) electrons. The lowest BCUT2D eigenvalue weighted by Gasteiger charge is -2.30. The minimum absolute atomic E-state index is 0.0322. The zero-order chi connectivity index (χ0) is 22.9. The zero-order valence-electron chi connectivity index (χ0n) is 19.3. The maximum Gasteiger partial charge on any atom is 0.167 e. The Labute approximate surface area is 190 Å². The first kappa shape index (κ1) is 24.6. The van der Waals surface area contributed by atoms with Crippen LogP contribution in [-0.2, 0) is 4.74 Å². The lowest BCUT2D eigenvalue weighted by Crippen LogP contribution is -2.25. The highest BCUT2D eigenvalue weighted by Crippen LogP contribution is 2.36. The van der Waals surface area contributed by atoms with Gasteiger partial charge >= 0.3 is 0 Å². The second-order valence-corrected chi connectivity index (χ2v) is 8.75. The molecule has 0 amide bonds. The molecule has 3 rings (SSSR count). The van der Waals surface area contributed by atoms with E-state index in [0.29, 0.717) is 24.5 Å². The summed E-state index contributed by atoms with van der Waals surface area (Å²) in [4.78, 5) is 0. The van der Waals surface area contributed by atoms with E-state index in [1.54, 1.807) is 12.1 Å². The van der Waals surface area contributed by atoms with Gasteiger partial charge in [0.05, 0.1) is 19.3 Å². The Kier molecular flexibility index (Phi) is 9.46. The molecule has 1 aliphatic heterocycles. The number of hydrogen-bond donors (Lipinski definition) is 0. The summed E-state index contributed by atoms with van der Waals surface area (Å²) in [6.45, 7) is 5.17. The SMILES string of the molecule is CCCCCOc1ccc(-c2ccc(C3CCC(CCCCC)OC3)c(F)c2F)c(F)c1. The highest BCUT2D eigenvalue weighted by atomic mass is 19.2. The van der Waals surface area contributed by atoms with Crippen LogP contribution in [0.4, 0.5) is 13.2 Å². The van der Waals surface area contributed by atoms with Crippen molar-refractivity contribution in [3.05, 3.63) is 53.3 Å². The largest absolute Gasteiger partial charge is 0.493 e. The average molecular weight is 449 g/mol. The Morgan fingerprint density at radius 3 is 2.31 bits per heavy atom. The molecule has 1 aliphatic rings. The smallest absolute Gasteiger partial charge is 0.167 e. The van der Waals surface area contributed by atoms with Gasteiger partial charge in [-0.3, -0.25) is 0 Å². The van der Waals surface area contributed by atoms with Gasteiger partial charge in [0.2, 0.25) is 0 Å². The Balaban J connectivity index is 1.67. The molecular formula is C27H35F3O2. The van der Waals surface area contributed by atoms with Crippen molar-refractivity contribution in [1.29, 1.82) is 0 Å². The molecule has 1 heterocycles. The number of benzene rings is 2. The predicted molar refractivity (Wildman–Crippen MR) is 123 cm³/mol. The summed E-state index contributed by atoms with van der Waals surface area (Å²) in [5, 5.41) is 0. The van der Waals surface area contributed by atoms with Crippen LogP contribution in [0.25, 0.3) is 11.1 Å². The summed E-state index contributed by atoms with van der Waals surface area (Å²) < 4.78 is 56.0. The first-order chi connectivity index (χ1) is 15.5. The van der Waals surface area contributed by atoms with E-state index in [2.05, 4.69) is 13.8 Å². The summed E-state index contributed by atoms with van der Waals surface area (Å²) in [6, 6.07) is 7.34. The normalized spacial score (nSPS) is 18.7. The Morgan fingerprint density at radius 1 is 0.875 bits per heavy atom. The summed E-state index contributed by atoms with van der Waals surface area (Å²) in [5.74, 6) is -2.32. The van der Waals surface area contributed by atoms with E-state index >= 15 is 0 Å². The molecule has 0 N–H and O–H groups in total. The minimum Gasteiger partial charge on any atom is -0.493 e. The molecule has 0 aliphatic carbocycles. The van der Waals surface area contributed by atoms with E-state index in [9.17, 15) is 13.2 Å². The molecule has 2 aromatic rings. The number of ether oxygens (including phenoxy) is 2. The van der Waals surface area contributed by atoms with Gasteiger partial charge in [0.25, 0.3) is 0 Å². The van der Waals surface area contributed by atoms with Crippen molar-refractivity contribution in [3.63, 3.8) is 0 Å². The van der Waals surface area contributed by atoms with Crippen molar-refractivity contribution in [2.45, 2.75) is 83.7 Å². The third-order valence-corrected chi connectivity index (χ3v) is 6.30. The topological polar surface area (TPSA) is 18.5 Å². The maximum absolute atomic E-state index is 15.0. The Morgan fingerprint density at radius 2 is 1.62 bits per heavy atom. The molecule has 2 unspecified atom stereocenters. The molecule has 176 valence electrons. The molecule has 1 fully saturated rings. The quantitative estimate of drug-likeness (QED) is 0.323. The maximum atomic E-state index is 15.0. The van der Waals surface area contributed by atoms with Crippen LogP contribution in [0, 0.1) is 17.5 Å². The average Bonchev–Trinajstić information content (AvgIpc) is 2.80. The van der Waals surface area contributed by atoms with Gasteiger partial charge in [0, 0.05) is 23.1 Å². The van der Waals surface area contributed by atoms with Crippen LogP contribution in [0.1, 0.15) is 83.1 Å². The summed E-state index contributed by atoms with van der Waals surface area (Å²) in [7, 11) is 0. The third-order valence-electron chi connectivity index (χ3n) is 6.30. The molecule has 32 heavy (non-hydrogen) atoms. The molecule has 0 aromatic heterocycles. The first-order valence-corrected chi connectivity index (χ1v) is 12.1. The third kappa shape index (κ3) is 6.28. The van der Waals surface area contributed by atoms with Crippen LogP contribution < -0.4 is 4.74 Å². The Hall–Kier alpha value is -2.01. The van der Waals surface area contributed by atoms with Gasteiger partial charge in [0.1, 0.15) is 11.6 Å². The van der Waals surface area contributed by atoms with Gasteiger partial charge < -0.3 is 9.47 Å². The van der Waals surface area contributed by atoms with E-state index < -0.39 is 17.5 Å². The number of rotatable bonds is 11. The van der Waals surface area contributed by atoms with E-state index in [1.165, 1.54) is 31.0 Å². The van der Waals surface area contributed by atoms with Crippen LogP contribution in [-0.4, -0.2) is 19.3 Å². The zero-order valence-corrected chi connectivity index (χ0v) is 19.3. The number of halogens is 3. The standard InChI is InChI=1S/C27H35F3O2/c1-3-5-7-9-20-11-10-19(18-32-20)22-14-15-24(27(30)26(22)29)23-13-12-21(17-25(23)28)31-16-8-6-4-2/h12-15,17,19-20H,3-11,16,18H2,1-2H3. The number of hydrogen-bond acceptors (Lipinski definition) is 2. The summed E-state index contributed by atoms with van der Waals surface area (Å²) in [5.41, 5.74) is 0.273. The molecule has 5 heteroatoms. The van der Waals surface area contributed by atoms with E-state index in [1.807, 2.05) is 0 Å². The second kappa shape index (κ2) is 12.3. The molecular weight excluding hydrogens is 413 g/mol. The van der Waals surface area contributed by atoms with Gasteiger partial charge in [-0.2, -0.15) is 0 Å². The highest BCUT2D eigenvalue weighted by Gasteiger charge is 2.27. The van der Waals surface area contributed by atoms with Crippen LogP contribution in [0.15, 0.2) is 30.3 Å². The van der Waals surface area contributed by atoms with Crippen LogP contribution >= 0.6 is 0 Å². The first-order valence-electron chi connectivity index (χ1n) is 12.1. The molecule has 0 bridgehead atoms. The van der Waals surface area contributed by atoms with Gasteiger partial charge in [0.15, 0.2) is 11.6 Å². The molecule has 2 nitrogen and oxygen atoms in total. The summed E-state index contributed by atoms with van der Waals surface area (Å²) >= 11 is 0. The molecule has 0 saturated carbocycles. The van der Waals surface area contributed by atoms with E-state index in [-0.39, 0.29) is 23.1 Å². The fourth-order valence-electron chi connectivity index (χ4n) is 4.33. The summed E-state index contributed by atoms with van der Waals surface area (Å²) in [6.07, 6.45) is 9.36. The monoisotopic (exact) mass is 448 g/mol. The van der Waals surface area contributed by atoms with Crippen molar-refractivity contribution in [1.82, 2.24) is 0 Å². The lowest BCUT2D eigenvalue weighted by molar-refractivity contribution is -0.00277. The van der Waals surface area contributed by atoms with Crippen LogP contribution in [0.2, 0.25) is 0 Å². The number of unbranched alkanes of at least 4 members (excludes halogenated alkanes) is 4. The van der Waals surface area contributed by atoms with Crippen molar-refractivity contribution in [2.75, 3.05) is 13.2 Å². The molecule has 2 aromatic carbocycles. The predicted octanol–water partition coefficient (Wildman–Crippen LogP) is 8.18. The highest BCUT2D eigenvalue weighted by molar-refractivity contribution is 5.66. The molecule has 2 atom stereocenters. The van der Waals surface area contributed by atoms with Crippen molar-refractivity contribution >= 4 is 0 Å². The van der Waals surface area contributed by atoms with Crippen molar-refractivity contribution in [2.24, 2.45) is 0 Å². The van der Waals surface area contributed by atoms with Crippen molar-refractivity contribution in [3.8, 4) is 16.9 Å². The van der Waals surface area contributed by atoms with E-state index in [0.717, 1.165) is 44.9 Å².